The summed E-state index contributed by atoms with van der Waals surface area (Å²) >= 11 is 0. The third-order valence-corrected chi connectivity index (χ3v) is 4.81. The second-order valence-electron chi connectivity index (χ2n) is 6.75. The Kier molecular flexibility index (Phi) is 5.22. The molecule has 0 unspecified atom stereocenters. The minimum absolute atomic E-state index is 0.0662. The van der Waals surface area contributed by atoms with Crippen molar-refractivity contribution in [2.75, 3.05) is 0 Å². The zero-order valence-electron chi connectivity index (χ0n) is 15.9. The number of fused-ring (bicyclic) bond motifs is 1. The summed E-state index contributed by atoms with van der Waals surface area (Å²) in [6.45, 7) is 0.636. The van der Waals surface area contributed by atoms with E-state index in [9.17, 15) is 26.7 Å². The maximum absolute atomic E-state index is 13.9. The van der Waals surface area contributed by atoms with E-state index in [1.165, 1.54) is 12.1 Å². The van der Waals surface area contributed by atoms with Gasteiger partial charge in [0.2, 0.25) is 11.6 Å². The molecule has 3 aromatic rings. The fraction of sp³-hybridized carbons (Fsp3) is 0.0870. The van der Waals surface area contributed by atoms with E-state index in [1.54, 1.807) is 37.3 Å². The molecule has 31 heavy (non-hydrogen) atoms. The summed E-state index contributed by atoms with van der Waals surface area (Å²) in [4.78, 5) is 12.6. The van der Waals surface area contributed by atoms with Crippen molar-refractivity contribution < 1.29 is 36.2 Å². The van der Waals surface area contributed by atoms with Crippen LogP contribution >= 0.6 is 0 Å². The first-order valence-corrected chi connectivity index (χ1v) is 9.05. The average Bonchev–Trinajstić information content (AvgIpc) is 3.09. The van der Waals surface area contributed by atoms with Gasteiger partial charge in [-0.15, -0.1) is 0 Å². The molecule has 0 N–H and O–H groups in total. The van der Waals surface area contributed by atoms with E-state index < -0.39 is 41.3 Å². The van der Waals surface area contributed by atoms with Crippen LogP contribution in [-0.2, 0) is 6.61 Å². The molecule has 3 nitrogen and oxygen atoms in total. The van der Waals surface area contributed by atoms with E-state index in [0.717, 1.165) is 5.56 Å². The number of ketones is 1. The van der Waals surface area contributed by atoms with Gasteiger partial charge in [0.15, 0.2) is 29.0 Å². The molecule has 0 spiro atoms. The van der Waals surface area contributed by atoms with Crippen LogP contribution in [0.2, 0.25) is 0 Å². The lowest BCUT2D eigenvalue weighted by Gasteiger charge is -2.13. The molecule has 1 aliphatic rings. The molecule has 0 aliphatic carbocycles. The number of allylic oxidation sites excluding steroid dienone is 1. The Labute approximate surface area is 173 Å². The van der Waals surface area contributed by atoms with E-state index in [1.807, 2.05) is 6.07 Å². The summed E-state index contributed by atoms with van der Waals surface area (Å²) in [5.74, 6) is -10.3. The summed E-state index contributed by atoms with van der Waals surface area (Å²) in [6.07, 6.45) is 1.57. The first kappa shape index (κ1) is 20.6. The van der Waals surface area contributed by atoms with Gasteiger partial charge in [-0.25, -0.2) is 22.0 Å². The predicted octanol–water partition coefficient (Wildman–Crippen LogP) is 5.89. The molecular weight excluding hydrogens is 419 g/mol. The Bertz CT molecular complexity index is 1210. The molecular formula is C23H13F5O3. The number of hydrogen-bond donors (Lipinski definition) is 0. The highest BCUT2D eigenvalue weighted by molar-refractivity contribution is 6.14. The molecule has 0 saturated heterocycles. The van der Waals surface area contributed by atoms with Crippen molar-refractivity contribution in [1.82, 2.24) is 0 Å². The van der Waals surface area contributed by atoms with Crippen LogP contribution in [0.15, 0.2) is 48.2 Å². The highest BCUT2D eigenvalue weighted by Crippen LogP contribution is 2.39. The number of carbonyl (C=O) groups is 1. The molecule has 0 atom stereocenters. The average molecular weight is 432 g/mol. The smallest absolute Gasteiger partial charge is 0.231 e. The number of Topliss-reactive ketones (excluding diaryl/α,β-unsaturated/α-hetero) is 1. The lowest BCUT2D eigenvalue weighted by molar-refractivity contribution is 0.101. The van der Waals surface area contributed by atoms with E-state index in [-0.39, 0.29) is 28.6 Å². The van der Waals surface area contributed by atoms with Crippen molar-refractivity contribution in [2.45, 2.75) is 13.5 Å². The number of hydrogen-bond acceptors (Lipinski definition) is 3. The van der Waals surface area contributed by atoms with E-state index in [2.05, 4.69) is 0 Å². The monoisotopic (exact) mass is 432 g/mol. The maximum atomic E-state index is 13.9. The largest absolute Gasteiger partial charge is 0.488 e. The zero-order chi connectivity index (χ0) is 22.3. The van der Waals surface area contributed by atoms with Crippen LogP contribution in [0.4, 0.5) is 22.0 Å². The summed E-state index contributed by atoms with van der Waals surface area (Å²) < 4.78 is 78.6. The van der Waals surface area contributed by atoms with Gasteiger partial charge >= 0.3 is 0 Å². The van der Waals surface area contributed by atoms with Gasteiger partial charge in [0.25, 0.3) is 0 Å². The first-order chi connectivity index (χ1) is 14.8. The van der Waals surface area contributed by atoms with Crippen LogP contribution in [0.1, 0.15) is 27.0 Å². The highest BCUT2D eigenvalue weighted by atomic mass is 19.2. The Morgan fingerprint density at radius 3 is 2.13 bits per heavy atom. The molecule has 1 heterocycles. The number of benzene rings is 3. The summed E-state index contributed by atoms with van der Waals surface area (Å²) in [5.41, 5.74) is 0.256. The normalized spacial score (nSPS) is 14.0. The third kappa shape index (κ3) is 3.54. The zero-order valence-corrected chi connectivity index (χ0v) is 15.9. The Hall–Kier alpha value is -3.68. The second-order valence-corrected chi connectivity index (χ2v) is 6.75. The summed E-state index contributed by atoms with van der Waals surface area (Å²) in [5, 5.41) is 0. The van der Waals surface area contributed by atoms with Crippen molar-refractivity contribution in [2.24, 2.45) is 0 Å². The number of rotatable bonds is 4. The molecule has 3 aromatic carbocycles. The Morgan fingerprint density at radius 2 is 1.48 bits per heavy atom. The topological polar surface area (TPSA) is 35.5 Å². The van der Waals surface area contributed by atoms with Crippen molar-refractivity contribution in [3.63, 3.8) is 0 Å². The van der Waals surface area contributed by atoms with Crippen LogP contribution in [-0.4, -0.2) is 5.78 Å². The molecule has 0 fully saturated rings. The van der Waals surface area contributed by atoms with Crippen molar-refractivity contribution >= 4 is 11.9 Å². The molecule has 4 rings (SSSR count). The Morgan fingerprint density at radius 1 is 0.871 bits per heavy atom. The fourth-order valence-corrected chi connectivity index (χ4v) is 3.15. The van der Waals surface area contributed by atoms with E-state index in [0.29, 0.717) is 5.56 Å². The van der Waals surface area contributed by atoms with Crippen LogP contribution < -0.4 is 9.47 Å². The maximum Gasteiger partial charge on any atom is 0.231 e. The van der Waals surface area contributed by atoms with Crippen LogP contribution in [0.25, 0.3) is 6.08 Å². The van der Waals surface area contributed by atoms with Crippen molar-refractivity contribution in [3.05, 3.63) is 99.6 Å². The van der Waals surface area contributed by atoms with Gasteiger partial charge in [-0.05, 0) is 30.7 Å². The minimum Gasteiger partial charge on any atom is -0.488 e. The van der Waals surface area contributed by atoms with Gasteiger partial charge in [-0.1, -0.05) is 30.3 Å². The second kappa shape index (κ2) is 7.86. The van der Waals surface area contributed by atoms with Gasteiger partial charge in [0, 0.05) is 5.56 Å². The lowest BCUT2D eigenvalue weighted by atomic mass is 10.1. The van der Waals surface area contributed by atoms with Gasteiger partial charge in [-0.3, -0.25) is 4.79 Å². The SMILES string of the molecule is Cc1c(OCc2c(F)c(F)c(F)c(F)c2F)ccc2c1O/C(=C\c1ccccc1)C2=O. The Balaban J connectivity index is 1.62. The van der Waals surface area contributed by atoms with Crippen LogP contribution in [0, 0.1) is 36.0 Å². The van der Waals surface area contributed by atoms with Crippen molar-refractivity contribution in [1.29, 1.82) is 0 Å². The molecule has 1 aliphatic heterocycles. The predicted molar refractivity (Wildman–Crippen MR) is 101 cm³/mol. The standard InChI is InChI=1S/C23H13F5O3/c1-11-15(30-10-14-17(24)19(26)21(28)20(27)18(14)25)8-7-13-22(29)16(31-23(11)13)9-12-5-3-2-4-6-12/h2-9H,10H2,1H3/b16-9-. The molecule has 8 heteroatoms. The number of carbonyl (C=O) groups excluding carboxylic acids is 1. The molecule has 0 aromatic heterocycles. The highest BCUT2D eigenvalue weighted by Gasteiger charge is 2.31. The summed E-state index contributed by atoms with van der Waals surface area (Å²) in [7, 11) is 0. The van der Waals surface area contributed by atoms with Crippen molar-refractivity contribution in [3.8, 4) is 11.5 Å². The molecule has 0 saturated carbocycles. The van der Waals surface area contributed by atoms with Gasteiger partial charge in [0.05, 0.1) is 11.1 Å². The third-order valence-electron chi connectivity index (χ3n) is 4.81. The summed E-state index contributed by atoms with van der Waals surface area (Å²) in [6, 6.07) is 11.8. The van der Waals surface area contributed by atoms with Crippen LogP contribution in [0.3, 0.4) is 0 Å². The number of ether oxygens (including phenoxy) is 2. The lowest BCUT2D eigenvalue weighted by Crippen LogP contribution is -2.10. The van der Waals surface area contributed by atoms with Gasteiger partial charge in [-0.2, -0.15) is 0 Å². The van der Waals surface area contributed by atoms with Gasteiger partial charge in [0.1, 0.15) is 18.1 Å². The minimum atomic E-state index is -2.24. The van der Waals surface area contributed by atoms with Gasteiger partial charge < -0.3 is 9.47 Å². The van der Waals surface area contributed by atoms with Crippen LogP contribution in [0.5, 0.6) is 11.5 Å². The molecule has 0 radical (unpaired) electrons. The quantitative estimate of drug-likeness (QED) is 0.223. The molecule has 0 amide bonds. The molecule has 0 bridgehead atoms. The first-order valence-electron chi connectivity index (χ1n) is 9.05. The van der Waals surface area contributed by atoms with E-state index in [4.69, 9.17) is 9.47 Å². The fourth-order valence-electron chi connectivity index (χ4n) is 3.15. The number of halogens is 5. The molecule has 158 valence electrons. The van der Waals surface area contributed by atoms with E-state index >= 15 is 0 Å².